The predicted octanol–water partition coefficient (Wildman–Crippen LogP) is 3.67. The summed E-state index contributed by atoms with van der Waals surface area (Å²) in [5.41, 5.74) is 4.29. The summed E-state index contributed by atoms with van der Waals surface area (Å²) >= 11 is 0. The van der Waals surface area contributed by atoms with Crippen molar-refractivity contribution in [2.45, 2.75) is 13.8 Å². The molecule has 1 aliphatic rings. The quantitative estimate of drug-likeness (QED) is 0.645. The smallest absolute Gasteiger partial charge is 0.186 e. The summed E-state index contributed by atoms with van der Waals surface area (Å²) in [4.78, 5) is 11.8. The highest BCUT2D eigenvalue weighted by Gasteiger charge is 2.20. The number of aryl methyl sites for hydroxylation is 2. The average molecular weight is 208 g/mol. The first kappa shape index (κ1) is 9.34. The number of fused-ring (bicyclic) bond motifs is 2. The number of allylic oxidation sites excluding steroid dienone is 1. The van der Waals surface area contributed by atoms with Crippen LogP contribution in [0.1, 0.15) is 27.0 Å². The topological polar surface area (TPSA) is 17.1 Å². The fraction of sp³-hybridized carbons (Fsp3) is 0.133. The zero-order chi connectivity index (χ0) is 11.3. The van der Waals surface area contributed by atoms with Crippen LogP contribution in [0, 0.1) is 13.8 Å². The van der Waals surface area contributed by atoms with Gasteiger partial charge in [-0.05, 0) is 47.4 Å². The lowest BCUT2D eigenvalue weighted by atomic mass is 9.91. The average Bonchev–Trinajstić information content (AvgIpc) is 2.69. The minimum absolute atomic E-state index is 0.140. The summed E-state index contributed by atoms with van der Waals surface area (Å²) in [5.74, 6) is 0.140. The van der Waals surface area contributed by atoms with Crippen molar-refractivity contribution in [2.24, 2.45) is 0 Å². The highest BCUT2D eigenvalue weighted by molar-refractivity contribution is 6.18. The van der Waals surface area contributed by atoms with Gasteiger partial charge in [-0.3, -0.25) is 4.79 Å². The molecule has 1 nitrogen and oxygen atoms in total. The molecule has 0 aliphatic heterocycles. The molecule has 0 aromatic heterocycles. The van der Waals surface area contributed by atoms with Crippen LogP contribution in [0.3, 0.4) is 0 Å². The summed E-state index contributed by atoms with van der Waals surface area (Å²) in [6.45, 7) is 4.12. The Morgan fingerprint density at radius 3 is 2.19 bits per heavy atom. The van der Waals surface area contributed by atoms with E-state index in [4.69, 9.17) is 0 Å². The molecule has 0 amide bonds. The second kappa shape index (κ2) is 3.05. The zero-order valence-electron chi connectivity index (χ0n) is 9.37. The summed E-state index contributed by atoms with van der Waals surface area (Å²) in [6, 6.07) is 8.27. The third kappa shape index (κ3) is 1.03. The van der Waals surface area contributed by atoms with Gasteiger partial charge in [0, 0.05) is 5.56 Å². The maximum atomic E-state index is 11.8. The van der Waals surface area contributed by atoms with Gasteiger partial charge < -0.3 is 0 Å². The fourth-order valence-corrected chi connectivity index (χ4v) is 2.57. The maximum absolute atomic E-state index is 11.8. The highest BCUT2D eigenvalue weighted by atomic mass is 16.1. The number of ketones is 1. The molecular formula is C15H12O. The van der Waals surface area contributed by atoms with Crippen molar-refractivity contribution in [1.29, 1.82) is 0 Å². The molecule has 3 rings (SSSR count). The first-order valence-corrected chi connectivity index (χ1v) is 5.44. The standard InChI is InChI=1S/C15H12O/c1-9-11-5-3-4-6-12(11)10(2)15-13(9)7-8-14(15)16/h3-8H,1-2H3. The van der Waals surface area contributed by atoms with Crippen molar-refractivity contribution in [1.82, 2.24) is 0 Å². The monoisotopic (exact) mass is 208 g/mol. The Labute approximate surface area is 94.4 Å². The second-order valence-corrected chi connectivity index (χ2v) is 4.28. The third-order valence-electron chi connectivity index (χ3n) is 3.43. The molecule has 0 unspecified atom stereocenters. The largest absolute Gasteiger partial charge is 0.289 e. The van der Waals surface area contributed by atoms with Gasteiger partial charge in [-0.2, -0.15) is 0 Å². The van der Waals surface area contributed by atoms with E-state index in [-0.39, 0.29) is 5.78 Å². The van der Waals surface area contributed by atoms with Crippen molar-refractivity contribution in [2.75, 3.05) is 0 Å². The molecule has 16 heavy (non-hydrogen) atoms. The number of carbonyl (C=O) groups is 1. The van der Waals surface area contributed by atoms with E-state index in [1.54, 1.807) is 6.08 Å². The summed E-state index contributed by atoms with van der Waals surface area (Å²) in [5, 5.41) is 2.44. The Morgan fingerprint density at radius 2 is 1.50 bits per heavy atom. The van der Waals surface area contributed by atoms with E-state index in [1.807, 2.05) is 25.1 Å². The van der Waals surface area contributed by atoms with Gasteiger partial charge in [0.05, 0.1) is 0 Å². The van der Waals surface area contributed by atoms with E-state index in [9.17, 15) is 4.79 Å². The molecule has 1 heteroatoms. The molecular weight excluding hydrogens is 196 g/mol. The Balaban J connectivity index is 2.57. The summed E-state index contributed by atoms with van der Waals surface area (Å²) in [7, 11) is 0. The van der Waals surface area contributed by atoms with Crippen LogP contribution in [0.5, 0.6) is 0 Å². The highest BCUT2D eigenvalue weighted by Crippen LogP contribution is 2.33. The van der Waals surface area contributed by atoms with E-state index >= 15 is 0 Å². The van der Waals surface area contributed by atoms with E-state index in [2.05, 4.69) is 19.1 Å². The van der Waals surface area contributed by atoms with Crippen LogP contribution in [0.4, 0.5) is 0 Å². The SMILES string of the molecule is Cc1c2c(c(C)c3ccccc13)C(=O)C=C2. The molecule has 0 heterocycles. The van der Waals surface area contributed by atoms with Gasteiger partial charge >= 0.3 is 0 Å². The number of carbonyl (C=O) groups excluding carboxylic acids is 1. The number of benzene rings is 2. The fourth-order valence-electron chi connectivity index (χ4n) is 2.57. The lowest BCUT2D eigenvalue weighted by molar-refractivity contribution is 0.104. The van der Waals surface area contributed by atoms with Gasteiger partial charge in [-0.25, -0.2) is 0 Å². The molecule has 0 radical (unpaired) electrons. The molecule has 0 N–H and O–H groups in total. The first-order chi connectivity index (χ1) is 7.70. The van der Waals surface area contributed by atoms with Crippen molar-refractivity contribution in [3.63, 3.8) is 0 Å². The van der Waals surface area contributed by atoms with Gasteiger partial charge in [0.15, 0.2) is 5.78 Å². The summed E-state index contributed by atoms with van der Waals surface area (Å²) < 4.78 is 0. The molecule has 78 valence electrons. The second-order valence-electron chi connectivity index (χ2n) is 4.28. The van der Waals surface area contributed by atoms with Gasteiger partial charge in [0.2, 0.25) is 0 Å². The Kier molecular flexibility index (Phi) is 1.78. The van der Waals surface area contributed by atoms with Crippen LogP contribution in [0.2, 0.25) is 0 Å². The van der Waals surface area contributed by atoms with Crippen molar-refractivity contribution < 1.29 is 4.79 Å². The van der Waals surface area contributed by atoms with Crippen LogP contribution in [-0.4, -0.2) is 5.78 Å². The minimum Gasteiger partial charge on any atom is -0.289 e. The van der Waals surface area contributed by atoms with Gasteiger partial charge in [-0.1, -0.05) is 30.3 Å². The molecule has 1 aliphatic carbocycles. The lowest BCUT2D eigenvalue weighted by Crippen LogP contribution is -1.99. The number of rotatable bonds is 0. The van der Waals surface area contributed by atoms with E-state index < -0.39 is 0 Å². The van der Waals surface area contributed by atoms with Gasteiger partial charge in [0.1, 0.15) is 0 Å². The molecule has 2 aromatic carbocycles. The molecule has 2 aromatic rings. The van der Waals surface area contributed by atoms with Crippen molar-refractivity contribution >= 4 is 22.6 Å². The Bertz CT molecular complexity index is 648. The van der Waals surface area contributed by atoms with Crippen LogP contribution in [0.25, 0.3) is 16.8 Å². The molecule has 0 fully saturated rings. The zero-order valence-corrected chi connectivity index (χ0v) is 9.37. The Hall–Kier alpha value is -1.89. The van der Waals surface area contributed by atoms with Gasteiger partial charge in [-0.15, -0.1) is 0 Å². The van der Waals surface area contributed by atoms with Crippen molar-refractivity contribution in [3.8, 4) is 0 Å². The molecule has 0 atom stereocenters. The lowest BCUT2D eigenvalue weighted by Gasteiger charge is -2.12. The van der Waals surface area contributed by atoms with E-state index in [0.717, 1.165) is 16.7 Å². The van der Waals surface area contributed by atoms with Crippen LogP contribution in [0.15, 0.2) is 30.3 Å². The van der Waals surface area contributed by atoms with E-state index in [0.29, 0.717) is 0 Å². The molecule has 0 saturated heterocycles. The number of hydrogen-bond acceptors (Lipinski definition) is 1. The molecule has 0 bridgehead atoms. The number of hydrogen-bond donors (Lipinski definition) is 0. The molecule has 0 spiro atoms. The van der Waals surface area contributed by atoms with Crippen LogP contribution in [-0.2, 0) is 0 Å². The Morgan fingerprint density at radius 1 is 0.875 bits per heavy atom. The third-order valence-corrected chi connectivity index (χ3v) is 3.43. The van der Waals surface area contributed by atoms with Crippen LogP contribution >= 0.6 is 0 Å². The molecule has 0 saturated carbocycles. The van der Waals surface area contributed by atoms with Gasteiger partial charge in [0.25, 0.3) is 0 Å². The summed E-state index contributed by atoms with van der Waals surface area (Å²) in [6.07, 6.45) is 3.61. The van der Waals surface area contributed by atoms with Crippen molar-refractivity contribution in [3.05, 3.63) is 52.6 Å². The van der Waals surface area contributed by atoms with Crippen LogP contribution < -0.4 is 0 Å². The predicted molar refractivity (Wildman–Crippen MR) is 66.8 cm³/mol. The minimum atomic E-state index is 0.140. The maximum Gasteiger partial charge on any atom is 0.186 e. The first-order valence-electron chi connectivity index (χ1n) is 5.44. The van der Waals surface area contributed by atoms with E-state index in [1.165, 1.54) is 16.3 Å². The normalized spacial score (nSPS) is 13.5.